The van der Waals surface area contributed by atoms with Crippen molar-refractivity contribution in [3.8, 4) is 0 Å². The summed E-state index contributed by atoms with van der Waals surface area (Å²) in [5.74, 6) is -2.00. The lowest BCUT2D eigenvalue weighted by atomic mass is 10.2. The van der Waals surface area contributed by atoms with Gasteiger partial charge in [-0.25, -0.2) is 8.98 Å². The third-order valence-electron chi connectivity index (χ3n) is 1.51. The van der Waals surface area contributed by atoms with E-state index in [1.165, 1.54) is 0 Å². The largest absolute Gasteiger partial charge is 0.490 e. The fourth-order valence-electron chi connectivity index (χ4n) is 0.766. The molecule has 0 amide bonds. The Labute approximate surface area is 92.1 Å². The fraction of sp³-hybridized carbons (Fsp3) is 0.571. The molecule has 16 heavy (non-hydrogen) atoms. The van der Waals surface area contributed by atoms with Crippen LogP contribution in [0.15, 0.2) is 11.8 Å². The second-order valence-corrected chi connectivity index (χ2v) is 3.81. The minimum atomic E-state index is -4.71. The summed E-state index contributed by atoms with van der Waals surface area (Å²) < 4.78 is 37.3. The first-order chi connectivity index (χ1) is 7.17. The van der Waals surface area contributed by atoms with Crippen LogP contribution in [0.4, 0.5) is 0 Å². The average molecular weight is 256 g/mol. The van der Waals surface area contributed by atoms with Gasteiger partial charge in [-0.05, 0) is 13.0 Å². The van der Waals surface area contributed by atoms with Gasteiger partial charge in [0.1, 0.15) is 12.2 Å². The average Bonchev–Trinajstić information content (AvgIpc) is 2.10. The molecule has 1 unspecified atom stereocenters. The predicted octanol–water partition coefficient (Wildman–Crippen LogP) is -0.830. The summed E-state index contributed by atoms with van der Waals surface area (Å²) in [4.78, 5) is 10.5. The van der Waals surface area contributed by atoms with Gasteiger partial charge in [-0.15, -0.1) is 0 Å². The molecule has 0 aromatic rings. The summed E-state index contributed by atoms with van der Waals surface area (Å²) >= 11 is 0. The molecular weight excluding hydrogens is 244 g/mol. The zero-order chi connectivity index (χ0) is 12.9. The van der Waals surface area contributed by atoms with E-state index in [1.807, 2.05) is 0 Å². The highest BCUT2D eigenvalue weighted by Crippen LogP contribution is 2.07. The van der Waals surface area contributed by atoms with Crippen LogP contribution in [0.2, 0.25) is 0 Å². The van der Waals surface area contributed by atoms with Crippen LogP contribution < -0.4 is 0 Å². The number of carbonyl (C=O) groups is 1. The number of ether oxygens (including phenoxy) is 1. The maximum atomic E-state index is 10.5. The molecule has 0 aromatic carbocycles. The molecule has 0 saturated carbocycles. The Balaban J connectivity index is 4.68. The van der Waals surface area contributed by atoms with E-state index in [9.17, 15) is 18.3 Å². The number of aliphatic hydroxyl groups is 1. The molecule has 0 rings (SSSR count). The van der Waals surface area contributed by atoms with E-state index < -0.39 is 34.3 Å². The van der Waals surface area contributed by atoms with Crippen molar-refractivity contribution in [1.82, 2.24) is 0 Å². The van der Waals surface area contributed by atoms with Gasteiger partial charge in [-0.3, -0.25) is 4.55 Å². The fourth-order valence-corrected chi connectivity index (χ4v) is 1.26. The van der Waals surface area contributed by atoms with Crippen molar-refractivity contribution in [3.63, 3.8) is 0 Å². The van der Waals surface area contributed by atoms with Crippen LogP contribution in [-0.2, 0) is 24.1 Å². The topological polar surface area (TPSA) is 130 Å². The lowest BCUT2D eigenvalue weighted by Gasteiger charge is -2.14. The van der Waals surface area contributed by atoms with Gasteiger partial charge in [-0.2, -0.15) is 8.42 Å². The van der Waals surface area contributed by atoms with E-state index in [2.05, 4.69) is 8.92 Å². The molecule has 0 bridgehead atoms. The molecule has 0 aliphatic heterocycles. The van der Waals surface area contributed by atoms with Gasteiger partial charge in [0.25, 0.3) is 0 Å². The summed E-state index contributed by atoms with van der Waals surface area (Å²) in [5, 5.41) is 17.8. The first-order valence-corrected chi connectivity index (χ1v) is 5.36. The molecule has 0 aliphatic carbocycles. The first-order valence-electron chi connectivity index (χ1n) is 4.00. The summed E-state index contributed by atoms with van der Waals surface area (Å²) in [6.07, 6.45) is -2.16. The highest BCUT2D eigenvalue weighted by atomic mass is 32.3. The number of carboxylic acids is 1. The van der Waals surface area contributed by atoms with Gasteiger partial charge >= 0.3 is 16.4 Å². The van der Waals surface area contributed by atoms with Crippen LogP contribution in [0, 0.1) is 0 Å². The first kappa shape index (κ1) is 14.8. The SMILES string of the molecule is CO/C(=C\[C@@H](O)C(C)OS(=O)(=O)O)C(=O)O. The van der Waals surface area contributed by atoms with Crippen molar-refractivity contribution in [2.75, 3.05) is 7.11 Å². The molecule has 0 spiro atoms. The van der Waals surface area contributed by atoms with Gasteiger partial charge in [0, 0.05) is 0 Å². The highest BCUT2D eigenvalue weighted by Gasteiger charge is 2.21. The molecule has 0 saturated heterocycles. The van der Waals surface area contributed by atoms with Crippen molar-refractivity contribution >= 4 is 16.4 Å². The van der Waals surface area contributed by atoms with Gasteiger partial charge in [0.05, 0.1) is 7.11 Å². The Morgan fingerprint density at radius 2 is 1.94 bits per heavy atom. The molecule has 0 aromatic heterocycles. The van der Waals surface area contributed by atoms with Crippen LogP contribution in [-0.4, -0.2) is 48.5 Å². The second-order valence-electron chi connectivity index (χ2n) is 2.76. The van der Waals surface area contributed by atoms with Gasteiger partial charge in [0.15, 0.2) is 0 Å². The summed E-state index contributed by atoms with van der Waals surface area (Å²) in [6, 6.07) is 0. The van der Waals surface area contributed by atoms with Crippen LogP contribution in [0.1, 0.15) is 6.92 Å². The third kappa shape index (κ3) is 5.66. The molecule has 8 nitrogen and oxygen atoms in total. The Morgan fingerprint density at radius 3 is 2.25 bits per heavy atom. The third-order valence-corrected chi connectivity index (χ3v) is 2.05. The van der Waals surface area contributed by atoms with E-state index >= 15 is 0 Å². The normalized spacial score (nSPS) is 16.6. The number of carboxylic acid groups (broad SMARTS) is 1. The maximum absolute atomic E-state index is 10.5. The molecule has 0 aliphatic rings. The van der Waals surface area contributed by atoms with Gasteiger partial charge in [0.2, 0.25) is 5.76 Å². The minimum Gasteiger partial charge on any atom is -0.490 e. The maximum Gasteiger partial charge on any atom is 0.397 e. The van der Waals surface area contributed by atoms with Crippen molar-refractivity contribution in [2.45, 2.75) is 19.1 Å². The smallest absolute Gasteiger partial charge is 0.397 e. The van der Waals surface area contributed by atoms with Crippen LogP contribution in [0.25, 0.3) is 0 Å². The van der Waals surface area contributed by atoms with E-state index in [-0.39, 0.29) is 0 Å². The predicted molar refractivity (Wildman–Crippen MR) is 50.8 cm³/mol. The van der Waals surface area contributed by atoms with Crippen LogP contribution in [0.5, 0.6) is 0 Å². The number of aliphatic hydroxyl groups excluding tert-OH is 1. The van der Waals surface area contributed by atoms with Crippen molar-refractivity contribution in [1.29, 1.82) is 0 Å². The summed E-state index contributed by atoms with van der Waals surface area (Å²) in [6.45, 7) is 1.13. The van der Waals surface area contributed by atoms with E-state index in [0.29, 0.717) is 0 Å². The number of hydrogen-bond acceptors (Lipinski definition) is 6. The van der Waals surface area contributed by atoms with E-state index in [0.717, 1.165) is 20.1 Å². The molecule has 2 atom stereocenters. The molecule has 0 heterocycles. The van der Waals surface area contributed by atoms with Crippen molar-refractivity contribution < 1.29 is 36.9 Å². The number of rotatable bonds is 6. The molecule has 0 fully saturated rings. The zero-order valence-corrected chi connectivity index (χ0v) is 9.34. The Morgan fingerprint density at radius 1 is 1.44 bits per heavy atom. The number of aliphatic carboxylic acids is 1. The lowest BCUT2D eigenvalue weighted by Crippen LogP contribution is -2.27. The van der Waals surface area contributed by atoms with Crippen LogP contribution >= 0.6 is 0 Å². The Kier molecular flexibility index (Phi) is 5.38. The van der Waals surface area contributed by atoms with Crippen LogP contribution in [0.3, 0.4) is 0 Å². The Bertz CT molecular complexity index is 370. The minimum absolute atomic E-state index is 0.571. The second kappa shape index (κ2) is 5.80. The van der Waals surface area contributed by atoms with Gasteiger partial charge in [-0.1, -0.05) is 0 Å². The molecule has 94 valence electrons. The zero-order valence-electron chi connectivity index (χ0n) is 8.52. The van der Waals surface area contributed by atoms with E-state index in [1.54, 1.807) is 0 Å². The molecular formula is C7H12O8S. The quantitative estimate of drug-likeness (QED) is 0.319. The lowest BCUT2D eigenvalue weighted by molar-refractivity contribution is -0.136. The van der Waals surface area contributed by atoms with E-state index in [4.69, 9.17) is 9.66 Å². The summed E-state index contributed by atoms with van der Waals surface area (Å²) in [7, 11) is -3.64. The number of hydrogen-bond donors (Lipinski definition) is 3. The van der Waals surface area contributed by atoms with Gasteiger partial charge < -0.3 is 14.9 Å². The number of methoxy groups -OCH3 is 1. The monoisotopic (exact) mass is 256 g/mol. The highest BCUT2D eigenvalue weighted by molar-refractivity contribution is 7.80. The van der Waals surface area contributed by atoms with Crippen molar-refractivity contribution in [2.24, 2.45) is 0 Å². The Hall–Kier alpha value is -1.16. The molecule has 3 N–H and O–H groups in total. The molecule has 9 heteroatoms. The van der Waals surface area contributed by atoms with Crippen molar-refractivity contribution in [3.05, 3.63) is 11.8 Å². The summed E-state index contributed by atoms with van der Waals surface area (Å²) in [5.41, 5.74) is 0. The molecule has 0 radical (unpaired) electrons. The standard InChI is InChI=1S/C7H12O8S/c1-4(15-16(11,12)13)5(8)3-6(14-2)7(9)10/h3-5,8H,1-2H3,(H,9,10)(H,11,12,13)/b6-3-/t4?,5-/m1/s1.